The first kappa shape index (κ1) is 10.6. The molecule has 2 rings (SSSR count). The molecule has 2 heterocycles. The minimum Gasteiger partial charge on any atom is -0.374 e. The third kappa shape index (κ3) is 2.76. The molecular formula is C10H18N4O. The van der Waals surface area contributed by atoms with Gasteiger partial charge in [-0.25, -0.2) is 0 Å². The van der Waals surface area contributed by atoms with E-state index in [-0.39, 0.29) is 5.60 Å². The van der Waals surface area contributed by atoms with Gasteiger partial charge in [-0.05, 0) is 20.3 Å². The zero-order valence-electron chi connectivity index (χ0n) is 9.53. The third-order valence-corrected chi connectivity index (χ3v) is 2.64. The molecule has 0 amide bonds. The number of aromatic nitrogens is 3. The number of hydrogen-bond donors (Lipinski definition) is 1. The molecule has 0 bridgehead atoms. The maximum Gasteiger partial charge on any atom is 0.0964 e. The molecule has 0 radical (unpaired) electrons. The zero-order chi connectivity index (χ0) is 10.9. The van der Waals surface area contributed by atoms with Crippen LogP contribution in [0.5, 0.6) is 0 Å². The molecule has 1 fully saturated rings. The second kappa shape index (κ2) is 3.90. The second-order valence-corrected chi connectivity index (χ2v) is 4.74. The number of ether oxygens (including phenoxy) is 1. The van der Waals surface area contributed by atoms with Crippen molar-refractivity contribution in [3.8, 4) is 0 Å². The Labute approximate surface area is 89.8 Å². The van der Waals surface area contributed by atoms with E-state index in [0.717, 1.165) is 25.3 Å². The van der Waals surface area contributed by atoms with E-state index in [9.17, 15) is 0 Å². The predicted molar refractivity (Wildman–Crippen MR) is 56.3 cm³/mol. The smallest absolute Gasteiger partial charge is 0.0964 e. The van der Waals surface area contributed by atoms with Crippen LogP contribution in [0.2, 0.25) is 0 Å². The maximum atomic E-state index is 5.64. The molecule has 1 aliphatic rings. The number of nitrogens with one attached hydrogen (secondary N) is 1. The molecular weight excluding hydrogens is 192 g/mol. The van der Waals surface area contributed by atoms with E-state index in [2.05, 4.69) is 29.5 Å². The molecule has 5 nitrogen and oxygen atoms in total. The summed E-state index contributed by atoms with van der Waals surface area (Å²) >= 11 is 0. The van der Waals surface area contributed by atoms with E-state index in [0.29, 0.717) is 6.04 Å². The van der Waals surface area contributed by atoms with Crippen molar-refractivity contribution in [1.82, 2.24) is 20.3 Å². The lowest BCUT2D eigenvalue weighted by Crippen LogP contribution is -2.30. The van der Waals surface area contributed by atoms with Crippen molar-refractivity contribution in [3.05, 3.63) is 11.9 Å². The number of aryl methyl sites for hydroxylation is 1. The molecule has 0 spiro atoms. The Balaban J connectivity index is 1.80. The summed E-state index contributed by atoms with van der Waals surface area (Å²) in [6.07, 6.45) is 2.97. The monoisotopic (exact) mass is 210 g/mol. The van der Waals surface area contributed by atoms with Crippen LogP contribution in [-0.4, -0.2) is 33.2 Å². The predicted octanol–water partition coefficient (Wildman–Crippen LogP) is 0.472. The first-order valence-corrected chi connectivity index (χ1v) is 5.28. The SMILES string of the molecule is Cn1cc(CNC2COC(C)(C)C2)nn1. The van der Waals surface area contributed by atoms with Gasteiger partial charge in [0.15, 0.2) is 0 Å². The molecule has 0 aromatic carbocycles. The fourth-order valence-electron chi connectivity index (χ4n) is 1.89. The van der Waals surface area contributed by atoms with Gasteiger partial charge in [-0.2, -0.15) is 0 Å². The molecule has 15 heavy (non-hydrogen) atoms. The van der Waals surface area contributed by atoms with Crippen LogP contribution >= 0.6 is 0 Å². The van der Waals surface area contributed by atoms with Crippen LogP contribution in [0.3, 0.4) is 0 Å². The molecule has 5 heteroatoms. The normalized spacial score (nSPS) is 24.6. The summed E-state index contributed by atoms with van der Waals surface area (Å²) in [6, 6.07) is 0.432. The molecule has 1 aliphatic heterocycles. The Morgan fingerprint density at radius 2 is 2.47 bits per heavy atom. The lowest BCUT2D eigenvalue weighted by molar-refractivity contribution is 0.0357. The summed E-state index contributed by atoms with van der Waals surface area (Å²) in [7, 11) is 1.87. The number of nitrogens with zero attached hydrogens (tertiary/aromatic N) is 3. The van der Waals surface area contributed by atoms with Gasteiger partial charge in [-0.15, -0.1) is 5.10 Å². The Hall–Kier alpha value is -0.940. The Morgan fingerprint density at radius 1 is 1.67 bits per heavy atom. The Kier molecular flexibility index (Phi) is 2.75. The van der Waals surface area contributed by atoms with Crippen molar-refractivity contribution in [2.75, 3.05) is 6.61 Å². The lowest BCUT2D eigenvalue weighted by Gasteiger charge is -2.15. The van der Waals surface area contributed by atoms with Gasteiger partial charge in [0.25, 0.3) is 0 Å². The fraction of sp³-hybridized carbons (Fsp3) is 0.800. The van der Waals surface area contributed by atoms with Crippen LogP contribution in [0.15, 0.2) is 6.20 Å². The largest absolute Gasteiger partial charge is 0.374 e. The maximum absolute atomic E-state index is 5.64. The van der Waals surface area contributed by atoms with Gasteiger partial charge >= 0.3 is 0 Å². The minimum atomic E-state index is 0.0139. The quantitative estimate of drug-likeness (QED) is 0.788. The third-order valence-electron chi connectivity index (χ3n) is 2.64. The average Bonchev–Trinajstić information content (AvgIpc) is 2.69. The molecule has 1 unspecified atom stereocenters. The highest BCUT2D eigenvalue weighted by Crippen LogP contribution is 2.24. The van der Waals surface area contributed by atoms with Crippen molar-refractivity contribution >= 4 is 0 Å². The Morgan fingerprint density at radius 3 is 3.00 bits per heavy atom. The molecule has 0 aliphatic carbocycles. The molecule has 1 saturated heterocycles. The van der Waals surface area contributed by atoms with E-state index >= 15 is 0 Å². The van der Waals surface area contributed by atoms with Crippen molar-refractivity contribution in [2.45, 2.75) is 38.5 Å². The van der Waals surface area contributed by atoms with Gasteiger partial charge in [0.05, 0.1) is 17.9 Å². The van der Waals surface area contributed by atoms with Crippen LogP contribution < -0.4 is 5.32 Å². The highest BCUT2D eigenvalue weighted by Gasteiger charge is 2.31. The Bertz CT molecular complexity index is 334. The van der Waals surface area contributed by atoms with Gasteiger partial charge in [0.2, 0.25) is 0 Å². The first-order valence-electron chi connectivity index (χ1n) is 5.28. The van der Waals surface area contributed by atoms with Crippen molar-refractivity contribution in [2.24, 2.45) is 7.05 Å². The van der Waals surface area contributed by atoms with E-state index in [1.165, 1.54) is 0 Å². The summed E-state index contributed by atoms with van der Waals surface area (Å²) < 4.78 is 7.36. The van der Waals surface area contributed by atoms with Gasteiger partial charge in [0, 0.05) is 25.8 Å². The van der Waals surface area contributed by atoms with Gasteiger partial charge in [0.1, 0.15) is 0 Å². The van der Waals surface area contributed by atoms with Crippen LogP contribution in [0, 0.1) is 0 Å². The van der Waals surface area contributed by atoms with Crippen molar-refractivity contribution in [1.29, 1.82) is 0 Å². The lowest BCUT2D eigenvalue weighted by atomic mass is 10.0. The summed E-state index contributed by atoms with van der Waals surface area (Å²) in [5.41, 5.74) is 0.988. The molecule has 0 saturated carbocycles. The second-order valence-electron chi connectivity index (χ2n) is 4.74. The highest BCUT2D eigenvalue weighted by molar-refractivity contribution is 4.93. The number of hydrogen-bond acceptors (Lipinski definition) is 4. The summed E-state index contributed by atoms with van der Waals surface area (Å²) in [5.74, 6) is 0. The van der Waals surface area contributed by atoms with Crippen molar-refractivity contribution in [3.63, 3.8) is 0 Å². The molecule has 1 N–H and O–H groups in total. The standard InChI is InChI=1S/C10H18N4O/c1-10(2)4-8(7-15-10)11-5-9-6-14(3)13-12-9/h6,8,11H,4-5,7H2,1-3H3. The molecule has 1 atom stereocenters. The summed E-state index contributed by atoms with van der Waals surface area (Å²) in [6.45, 7) is 5.79. The van der Waals surface area contributed by atoms with Crippen LogP contribution in [0.1, 0.15) is 26.0 Å². The average molecular weight is 210 g/mol. The van der Waals surface area contributed by atoms with E-state index in [1.807, 2.05) is 13.2 Å². The first-order chi connectivity index (χ1) is 7.05. The minimum absolute atomic E-state index is 0.0139. The van der Waals surface area contributed by atoms with Gasteiger partial charge in [-0.3, -0.25) is 4.68 Å². The van der Waals surface area contributed by atoms with E-state index in [1.54, 1.807) is 4.68 Å². The summed E-state index contributed by atoms with van der Waals surface area (Å²) in [4.78, 5) is 0. The summed E-state index contributed by atoms with van der Waals surface area (Å²) in [5, 5.41) is 11.3. The fourth-order valence-corrected chi connectivity index (χ4v) is 1.89. The van der Waals surface area contributed by atoms with Crippen molar-refractivity contribution < 1.29 is 4.74 Å². The van der Waals surface area contributed by atoms with Crippen LogP contribution in [-0.2, 0) is 18.3 Å². The van der Waals surface area contributed by atoms with E-state index in [4.69, 9.17) is 4.74 Å². The molecule has 84 valence electrons. The van der Waals surface area contributed by atoms with Gasteiger partial charge < -0.3 is 10.1 Å². The topological polar surface area (TPSA) is 52.0 Å². The van der Waals surface area contributed by atoms with E-state index < -0.39 is 0 Å². The highest BCUT2D eigenvalue weighted by atomic mass is 16.5. The zero-order valence-corrected chi connectivity index (χ0v) is 9.53. The van der Waals surface area contributed by atoms with Crippen LogP contribution in [0.25, 0.3) is 0 Å². The molecule has 1 aromatic heterocycles. The molecule has 1 aromatic rings. The van der Waals surface area contributed by atoms with Crippen LogP contribution in [0.4, 0.5) is 0 Å². The van der Waals surface area contributed by atoms with Gasteiger partial charge in [-0.1, -0.05) is 5.21 Å². The number of rotatable bonds is 3.